The number of hydrogen-bond donors (Lipinski definition) is 0. The highest BCUT2D eigenvalue weighted by molar-refractivity contribution is 5.69. The second-order valence-corrected chi connectivity index (χ2v) is 5.50. The van der Waals surface area contributed by atoms with E-state index in [2.05, 4.69) is 10.2 Å². The summed E-state index contributed by atoms with van der Waals surface area (Å²) in [5.41, 5.74) is -0.523. The van der Waals surface area contributed by atoms with E-state index >= 15 is 0 Å². The Morgan fingerprint density at radius 1 is 1.32 bits per heavy atom. The summed E-state index contributed by atoms with van der Waals surface area (Å²) in [4.78, 5) is 24.4. The lowest BCUT2D eigenvalue weighted by Gasteiger charge is -2.25. The summed E-state index contributed by atoms with van der Waals surface area (Å²) >= 11 is 0. The molecule has 7 nitrogen and oxygen atoms in total. The molecule has 19 heavy (non-hydrogen) atoms. The van der Waals surface area contributed by atoms with Crippen LogP contribution >= 0.6 is 0 Å². The van der Waals surface area contributed by atoms with E-state index in [0.29, 0.717) is 37.6 Å². The molecule has 1 aliphatic rings. The summed E-state index contributed by atoms with van der Waals surface area (Å²) in [5, 5.41) is 7.74. The van der Waals surface area contributed by atoms with Crippen LogP contribution in [0.4, 0.5) is 4.79 Å². The molecule has 1 amide bonds. The van der Waals surface area contributed by atoms with E-state index in [0.717, 1.165) is 6.42 Å². The fourth-order valence-corrected chi connectivity index (χ4v) is 1.95. The summed E-state index contributed by atoms with van der Waals surface area (Å²) in [6.07, 6.45) is 1.06. The van der Waals surface area contributed by atoms with E-state index < -0.39 is 5.60 Å². The van der Waals surface area contributed by atoms with Crippen LogP contribution in [0.25, 0.3) is 0 Å². The zero-order valence-corrected chi connectivity index (χ0v) is 11.4. The molecule has 7 heteroatoms. The number of nitrogens with zero attached hydrogens (tertiary/aromatic N) is 4. The van der Waals surface area contributed by atoms with Gasteiger partial charge in [0.15, 0.2) is 17.9 Å². The third-order valence-corrected chi connectivity index (χ3v) is 2.76. The summed E-state index contributed by atoms with van der Waals surface area (Å²) in [5.74, 6) is 0.923. The van der Waals surface area contributed by atoms with Gasteiger partial charge in [-0.2, -0.15) is 0 Å². The molecule has 0 radical (unpaired) electrons. The van der Waals surface area contributed by atoms with Crippen molar-refractivity contribution in [1.82, 2.24) is 19.7 Å². The molecule has 0 N–H and O–H groups in total. The first-order valence-corrected chi connectivity index (χ1v) is 6.26. The van der Waals surface area contributed by atoms with Gasteiger partial charge in [-0.05, 0) is 27.2 Å². The van der Waals surface area contributed by atoms with Crippen molar-refractivity contribution in [2.24, 2.45) is 0 Å². The number of aldehydes is 1. The lowest BCUT2D eigenvalue weighted by Crippen LogP contribution is -2.36. The number of rotatable bonds is 1. The lowest BCUT2D eigenvalue weighted by molar-refractivity contribution is 0.0234. The van der Waals surface area contributed by atoms with E-state index in [-0.39, 0.29) is 6.09 Å². The quantitative estimate of drug-likeness (QED) is 0.714. The first kappa shape index (κ1) is 13.5. The zero-order chi connectivity index (χ0) is 14.0. The largest absolute Gasteiger partial charge is 0.444 e. The van der Waals surface area contributed by atoms with Crippen LogP contribution < -0.4 is 0 Å². The van der Waals surface area contributed by atoms with Gasteiger partial charge >= 0.3 is 6.09 Å². The second-order valence-electron chi connectivity index (χ2n) is 5.50. The number of carbonyl (C=O) groups is 2. The highest BCUT2D eigenvalue weighted by Gasteiger charge is 2.26. The fraction of sp³-hybridized carbons (Fsp3) is 0.667. The van der Waals surface area contributed by atoms with Crippen molar-refractivity contribution in [3.05, 3.63) is 11.6 Å². The average molecular weight is 266 g/mol. The van der Waals surface area contributed by atoms with Gasteiger partial charge in [0.1, 0.15) is 5.60 Å². The van der Waals surface area contributed by atoms with Crippen molar-refractivity contribution in [3.63, 3.8) is 0 Å². The molecule has 1 aromatic rings. The molecule has 0 aromatic carbocycles. The van der Waals surface area contributed by atoms with Gasteiger partial charge in [0.2, 0.25) is 0 Å². The normalized spacial score (nSPS) is 15.6. The highest BCUT2D eigenvalue weighted by Crippen LogP contribution is 2.16. The molecule has 0 saturated heterocycles. The maximum Gasteiger partial charge on any atom is 0.410 e. The SMILES string of the molecule is CC(C)(C)OC(=O)N1CCCn2c(C=O)nnc2C1. The molecule has 0 saturated carbocycles. The van der Waals surface area contributed by atoms with Gasteiger partial charge in [-0.25, -0.2) is 4.79 Å². The minimum Gasteiger partial charge on any atom is -0.444 e. The minimum atomic E-state index is -0.523. The van der Waals surface area contributed by atoms with Gasteiger partial charge in [-0.3, -0.25) is 4.79 Å². The van der Waals surface area contributed by atoms with Crippen LogP contribution in [-0.4, -0.2) is 44.2 Å². The summed E-state index contributed by atoms with van der Waals surface area (Å²) in [6.45, 7) is 7.02. The van der Waals surface area contributed by atoms with E-state index in [1.807, 2.05) is 20.8 Å². The Labute approximate surface area is 111 Å². The number of ether oxygens (including phenoxy) is 1. The summed E-state index contributed by atoms with van der Waals surface area (Å²) < 4.78 is 7.09. The number of aromatic nitrogens is 3. The lowest BCUT2D eigenvalue weighted by atomic mass is 10.2. The van der Waals surface area contributed by atoms with E-state index in [9.17, 15) is 9.59 Å². The molecule has 2 heterocycles. The topological polar surface area (TPSA) is 77.3 Å². The highest BCUT2D eigenvalue weighted by atomic mass is 16.6. The Balaban J connectivity index is 2.14. The Kier molecular flexibility index (Phi) is 3.55. The number of fused-ring (bicyclic) bond motifs is 1. The smallest absolute Gasteiger partial charge is 0.410 e. The summed E-state index contributed by atoms with van der Waals surface area (Å²) in [7, 11) is 0. The molecule has 104 valence electrons. The minimum absolute atomic E-state index is 0.307. The molecule has 0 aliphatic carbocycles. The van der Waals surface area contributed by atoms with Crippen LogP contribution in [-0.2, 0) is 17.8 Å². The third kappa shape index (κ3) is 3.10. The van der Waals surface area contributed by atoms with E-state index in [1.165, 1.54) is 0 Å². The van der Waals surface area contributed by atoms with Crippen molar-refractivity contribution < 1.29 is 14.3 Å². The van der Waals surface area contributed by atoms with Crippen LogP contribution in [0.1, 0.15) is 43.6 Å². The fourth-order valence-electron chi connectivity index (χ4n) is 1.95. The van der Waals surface area contributed by atoms with Crippen LogP contribution in [0, 0.1) is 0 Å². The summed E-state index contributed by atoms with van der Waals surface area (Å²) in [6, 6.07) is 0. The van der Waals surface area contributed by atoms with E-state index in [1.54, 1.807) is 9.47 Å². The van der Waals surface area contributed by atoms with Gasteiger partial charge in [0.25, 0.3) is 0 Å². The molecule has 0 atom stereocenters. The molecule has 1 aromatic heterocycles. The first-order valence-electron chi connectivity index (χ1n) is 6.26. The Morgan fingerprint density at radius 2 is 2.05 bits per heavy atom. The average Bonchev–Trinajstić information content (AvgIpc) is 2.55. The maximum atomic E-state index is 12.0. The number of hydrogen-bond acceptors (Lipinski definition) is 5. The van der Waals surface area contributed by atoms with Gasteiger partial charge in [0.05, 0.1) is 6.54 Å². The van der Waals surface area contributed by atoms with Crippen LogP contribution in [0.5, 0.6) is 0 Å². The third-order valence-electron chi connectivity index (χ3n) is 2.76. The van der Waals surface area contributed by atoms with Crippen molar-refractivity contribution in [2.75, 3.05) is 6.54 Å². The molecule has 0 bridgehead atoms. The van der Waals surface area contributed by atoms with Gasteiger partial charge < -0.3 is 14.2 Å². The molecule has 0 unspecified atom stereocenters. The maximum absolute atomic E-state index is 12.0. The monoisotopic (exact) mass is 266 g/mol. The van der Waals surface area contributed by atoms with Crippen molar-refractivity contribution in [1.29, 1.82) is 0 Å². The van der Waals surface area contributed by atoms with E-state index in [4.69, 9.17) is 4.74 Å². The van der Waals surface area contributed by atoms with Crippen molar-refractivity contribution in [3.8, 4) is 0 Å². The Morgan fingerprint density at radius 3 is 2.68 bits per heavy atom. The first-order chi connectivity index (χ1) is 8.90. The number of carbonyl (C=O) groups excluding carboxylic acids is 2. The Bertz CT molecular complexity index is 490. The molecule has 1 aliphatic heterocycles. The molecule has 2 rings (SSSR count). The second kappa shape index (κ2) is 4.99. The predicted molar refractivity (Wildman–Crippen MR) is 66.7 cm³/mol. The Hall–Kier alpha value is -1.92. The standard InChI is InChI=1S/C12H18N4O3/c1-12(2,3)19-11(18)15-5-4-6-16-9(7-15)13-14-10(16)8-17/h8H,4-7H2,1-3H3. The van der Waals surface area contributed by atoms with Crippen LogP contribution in [0.2, 0.25) is 0 Å². The molecular formula is C12H18N4O3. The van der Waals surface area contributed by atoms with Gasteiger partial charge in [0, 0.05) is 13.1 Å². The molecule has 0 fully saturated rings. The van der Waals surface area contributed by atoms with Crippen LogP contribution in [0.3, 0.4) is 0 Å². The van der Waals surface area contributed by atoms with Gasteiger partial charge in [-0.1, -0.05) is 0 Å². The number of amides is 1. The molecular weight excluding hydrogens is 248 g/mol. The van der Waals surface area contributed by atoms with Gasteiger partial charge in [-0.15, -0.1) is 10.2 Å². The van der Waals surface area contributed by atoms with Crippen LogP contribution in [0.15, 0.2) is 0 Å². The predicted octanol–water partition coefficient (Wildman–Crippen LogP) is 1.23. The molecule has 0 spiro atoms. The van der Waals surface area contributed by atoms with Crippen molar-refractivity contribution in [2.45, 2.75) is 45.9 Å². The zero-order valence-electron chi connectivity index (χ0n) is 11.4. The van der Waals surface area contributed by atoms with Crippen molar-refractivity contribution >= 4 is 12.4 Å².